The van der Waals surface area contributed by atoms with Gasteiger partial charge in [-0.05, 0) is 24.9 Å². The Balaban J connectivity index is 2.52. The van der Waals surface area contributed by atoms with Crippen LogP contribution in [0.2, 0.25) is 0 Å². The molecule has 2 atom stereocenters. The van der Waals surface area contributed by atoms with E-state index >= 15 is 0 Å². The lowest BCUT2D eigenvalue weighted by molar-refractivity contribution is 0.569. The van der Waals surface area contributed by atoms with Gasteiger partial charge in [0.2, 0.25) is 0 Å². The molecule has 108 valence electrons. The number of rotatable bonds is 10. The summed E-state index contributed by atoms with van der Waals surface area (Å²) >= 11 is 0. The average Bonchev–Trinajstić information content (AvgIpc) is 2.44. The lowest BCUT2D eigenvalue weighted by Gasteiger charge is -2.18. The molecule has 0 fully saturated rings. The molecule has 19 heavy (non-hydrogen) atoms. The van der Waals surface area contributed by atoms with Crippen LogP contribution >= 0.6 is 0 Å². The molecule has 0 spiro atoms. The number of hydrogen-bond acceptors (Lipinski definition) is 2. The quantitative estimate of drug-likeness (QED) is 0.663. The summed E-state index contributed by atoms with van der Waals surface area (Å²) in [7, 11) is -0.718. The molecule has 2 nitrogen and oxygen atoms in total. The predicted octanol–water partition coefficient (Wildman–Crippen LogP) is 3.67. The molecule has 1 N–H and O–H groups in total. The molecule has 0 bridgehead atoms. The highest BCUT2D eigenvalue weighted by atomic mass is 32.2. The fraction of sp³-hybridized carbons (Fsp3) is 0.625. The fourth-order valence-corrected chi connectivity index (χ4v) is 3.43. The van der Waals surface area contributed by atoms with Gasteiger partial charge in [0.1, 0.15) is 0 Å². The third kappa shape index (κ3) is 6.88. The standard InChI is InChI=1S/C16H27NOS/c1-3-5-9-13-19(18)14-16(17-12-4-2)15-10-7-6-8-11-15/h6-8,10-11,16-17H,3-5,9,12-14H2,1-2H3. The Kier molecular flexibility index (Phi) is 8.76. The highest BCUT2D eigenvalue weighted by molar-refractivity contribution is 7.85. The zero-order valence-electron chi connectivity index (χ0n) is 12.2. The Labute approximate surface area is 120 Å². The summed E-state index contributed by atoms with van der Waals surface area (Å²) < 4.78 is 12.1. The van der Waals surface area contributed by atoms with Gasteiger partial charge in [0, 0.05) is 28.3 Å². The molecular formula is C16H27NOS. The molecule has 0 aromatic heterocycles. The van der Waals surface area contributed by atoms with Crippen LogP contribution in [-0.4, -0.2) is 22.3 Å². The van der Waals surface area contributed by atoms with Crippen molar-refractivity contribution in [2.24, 2.45) is 0 Å². The lowest BCUT2D eigenvalue weighted by Crippen LogP contribution is -2.27. The van der Waals surface area contributed by atoms with Crippen LogP contribution in [0.4, 0.5) is 0 Å². The Morgan fingerprint density at radius 3 is 2.47 bits per heavy atom. The summed E-state index contributed by atoms with van der Waals surface area (Å²) in [6.45, 7) is 5.32. The van der Waals surface area contributed by atoms with Crippen molar-refractivity contribution in [3.8, 4) is 0 Å². The minimum atomic E-state index is -0.718. The van der Waals surface area contributed by atoms with E-state index in [0.29, 0.717) is 0 Å². The molecule has 0 radical (unpaired) electrons. The second-order valence-corrected chi connectivity index (χ2v) is 6.56. The van der Waals surface area contributed by atoms with Crippen molar-refractivity contribution in [2.75, 3.05) is 18.1 Å². The minimum absolute atomic E-state index is 0.226. The monoisotopic (exact) mass is 281 g/mol. The zero-order chi connectivity index (χ0) is 13.9. The Morgan fingerprint density at radius 2 is 1.84 bits per heavy atom. The van der Waals surface area contributed by atoms with E-state index in [-0.39, 0.29) is 6.04 Å². The van der Waals surface area contributed by atoms with Crippen LogP contribution in [0.5, 0.6) is 0 Å². The van der Waals surface area contributed by atoms with E-state index in [1.807, 2.05) is 6.07 Å². The van der Waals surface area contributed by atoms with Gasteiger partial charge in [-0.2, -0.15) is 0 Å². The molecule has 0 aliphatic heterocycles. The van der Waals surface area contributed by atoms with Gasteiger partial charge in [-0.3, -0.25) is 4.21 Å². The molecule has 3 heteroatoms. The molecule has 0 aliphatic rings. The summed E-state index contributed by atoms with van der Waals surface area (Å²) in [6.07, 6.45) is 4.56. The van der Waals surface area contributed by atoms with Crippen LogP contribution < -0.4 is 5.32 Å². The smallest absolute Gasteiger partial charge is 0.0436 e. The van der Waals surface area contributed by atoms with E-state index < -0.39 is 10.8 Å². The summed E-state index contributed by atoms with van der Waals surface area (Å²) in [6, 6.07) is 10.6. The van der Waals surface area contributed by atoms with Crippen LogP contribution in [0.3, 0.4) is 0 Å². The van der Waals surface area contributed by atoms with E-state index in [1.165, 1.54) is 18.4 Å². The Morgan fingerprint density at radius 1 is 1.11 bits per heavy atom. The van der Waals surface area contributed by atoms with Gasteiger partial charge in [-0.1, -0.05) is 57.0 Å². The van der Waals surface area contributed by atoms with Crippen molar-refractivity contribution in [3.05, 3.63) is 35.9 Å². The first-order chi connectivity index (χ1) is 9.27. The van der Waals surface area contributed by atoms with Gasteiger partial charge < -0.3 is 5.32 Å². The van der Waals surface area contributed by atoms with E-state index in [9.17, 15) is 4.21 Å². The molecule has 1 aromatic carbocycles. The molecule has 2 unspecified atom stereocenters. The highest BCUT2D eigenvalue weighted by Crippen LogP contribution is 2.14. The van der Waals surface area contributed by atoms with Crippen molar-refractivity contribution in [3.63, 3.8) is 0 Å². The lowest BCUT2D eigenvalue weighted by atomic mass is 10.1. The number of hydrogen-bond donors (Lipinski definition) is 1. The molecule has 1 aromatic rings. The van der Waals surface area contributed by atoms with Crippen LogP contribution in [-0.2, 0) is 10.8 Å². The maximum absolute atomic E-state index is 12.1. The van der Waals surface area contributed by atoms with E-state index in [0.717, 1.165) is 30.9 Å². The van der Waals surface area contributed by atoms with Crippen LogP contribution in [0.25, 0.3) is 0 Å². The second-order valence-electron chi connectivity index (χ2n) is 4.94. The molecular weight excluding hydrogens is 254 g/mol. The minimum Gasteiger partial charge on any atom is -0.309 e. The van der Waals surface area contributed by atoms with Gasteiger partial charge in [0.05, 0.1) is 0 Å². The highest BCUT2D eigenvalue weighted by Gasteiger charge is 2.13. The normalized spacial score (nSPS) is 14.2. The van der Waals surface area contributed by atoms with Crippen molar-refractivity contribution in [1.29, 1.82) is 0 Å². The maximum Gasteiger partial charge on any atom is 0.0436 e. The van der Waals surface area contributed by atoms with Crippen molar-refractivity contribution in [1.82, 2.24) is 5.32 Å². The summed E-state index contributed by atoms with van der Waals surface area (Å²) in [4.78, 5) is 0. The largest absolute Gasteiger partial charge is 0.309 e. The zero-order valence-corrected chi connectivity index (χ0v) is 13.0. The van der Waals surface area contributed by atoms with Crippen molar-refractivity contribution in [2.45, 2.75) is 45.6 Å². The van der Waals surface area contributed by atoms with E-state index in [4.69, 9.17) is 0 Å². The third-order valence-corrected chi connectivity index (χ3v) is 4.62. The first-order valence-corrected chi connectivity index (χ1v) is 8.90. The molecule has 0 aliphatic carbocycles. The Hall–Kier alpha value is -0.670. The van der Waals surface area contributed by atoms with E-state index in [2.05, 4.69) is 43.4 Å². The van der Waals surface area contributed by atoms with Crippen LogP contribution in [0, 0.1) is 0 Å². The molecule has 0 amide bonds. The second kappa shape index (κ2) is 10.2. The van der Waals surface area contributed by atoms with Crippen LogP contribution in [0.1, 0.15) is 51.1 Å². The first kappa shape index (κ1) is 16.4. The van der Waals surface area contributed by atoms with Crippen LogP contribution in [0.15, 0.2) is 30.3 Å². The number of unbranched alkanes of at least 4 members (excludes halogenated alkanes) is 2. The van der Waals surface area contributed by atoms with Gasteiger partial charge in [-0.15, -0.1) is 0 Å². The number of benzene rings is 1. The van der Waals surface area contributed by atoms with Crippen molar-refractivity contribution >= 4 is 10.8 Å². The first-order valence-electron chi connectivity index (χ1n) is 7.41. The summed E-state index contributed by atoms with van der Waals surface area (Å²) in [5.41, 5.74) is 1.25. The maximum atomic E-state index is 12.1. The molecule has 0 saturated heterocycles. The van der Waals surface area contributed by atoms with Gasteiger partial charge in [-0.25, -0.2) is 0 Å². The molecule has 1 rings (SSSR count). The number of nitrogens with one attached hydrogen (secondary N) is 1. The van der Waals surface area contributed by atoms with Gasteiger partial charge >= 0.3 is 0 Å². The molecule has 0 heterocycles. The van der Waals surface area contributed by atoms with Gasteiger partial charge in [0.15, 0.2) is 0 Å². The Bertz CT molecular complexity index is 353. The van der Waals surface area contributed by atoms with Crippen molar-refractivity contribution < 1.29 is 4.21 Å². The topological polar surface area (TPSA) is 29.1 Å². The van der Waals surface area contributed by atoms with E-state index in [1.54, 1.807) is 0 Å². The average molecular weight is 281 g/mol. The van der Waals surface area contributed by atoms with Gasteiger partial charge in [0.25, 0.3) is 0 Å². The third-order valence-electron chi connectivity index (χ3n) is 3.17. The fourth-order valence-electron chi connectivity index (χ4n) is 2.06. The SMILES string of the molecule is CCCCCS(=O)CC(NCCC)c1ccccc1. The predicted molar refractivity (Wildman–Crippen MR) is 84.9 cm³/mol. The summed E-state index contributed by atoms with van der Waals surface area (Å²) in [5.74, 6) is 1.57. The molecule has 0 saturated carbocycles. The summed E-state index contributed by atoms with van der Waals surface area (Å²) in [5, 5.41) is 3.51.